The minimum absolute atomic E-state index is 0.277. The maximum atomic E-state index is 12.2. The van der Waals surface area contributed by atoms with Crippen molar-refractivity contribution in [3.05, 3.63) is 24.2 Å². The van der Waals surface area contributed by atoms with E-state index in [1.54, 1.807) is 6.26 Å². The van der Waals surface area contributed by atoms with Gasteiger partial charge in [-0.3, -0.25) is 4.90 Å². The van der Waals surface area contributed by atoms with Crippen LogP contribution in [0.5, 0.6) is 0 Å². The van der Waals surface area contributed by atoms with Gasteiger partial charge in [-0.1, -0.05) is 0 Å². The molecule has 0 radical (unpaired) electrons. The summed E-state index contributed by atoms with van der Waals surface area (Å²) >= 11 is 0. The van der Waals surface area contributed by atoms with E-state index < -0.39 is 12.7 Å². The highest BCUT2D eigenvalue weighted by molar-refractivity contribution is 4.98. The second-order valence-electron chi connectivity index (χ2n) is 4.63. The van der Waals surface area contributed by atoms with Crippen molar-refractivity contribution in [3.63, 3.8) is 0 Å². The van der Waals surface area contributed by atoms with E-state index in [1.807, 2.05) is 12.1 Å². The van der Waals surface area contributed by atoms with Crippen LogP contribution in [0.4, 0.5) is 13.2 Å². The fourth-order valence-electron chi connectivity index (χ4n) is 2.21. The van der Waals surface area contributed by atoms with Gasteiger partial charge in [-0.2, -0.15) is 13.2 Å². The van der Waals surface area contributed by atoms with Crippen molar-refractivity contribution in [1.82, 2.24) is 10.2 Å². The molecular formula is C12H17F3N2O. The summed E-state index contributed by atoms with van der Waals surface area (Å²) in [7, 11) is 0. The largest absolute Gasteiger partial charge is 0.468 e. The van der Waals surface area contributed by atoms with Gasteiger partial charge >= 0.3 is 6.18 Å². The molecule has 1 saturated heterocycles. The van der Waals surface area contributed by atoms with Gasteiger partial charge in [0.05, 0.1) is 19.4 Å². The van der Waals surface area contributed by atoms with Crippen LogP contribution in [0.2, 0.25) is 0 Å². The molecule has 0 amide bonds. The van der Waals surface area contributed by atoms with Gasteiger partial charge < -0.3 is 9.73 Å². The minimum atomic E-state index is -4.09. The summed E-state index contributed by atoms with van der Waals surface area (Å²) in [5.74, 6) is 0.854. The lowest BCUT2D eigenvalue weighted by Crippen LogP contribution is -2.45. The normalized spacial score (nSPS) is 19.3. The smallest absolute Gasteiger partial charge is 0.401 e. The molecule has 1 aliphatic rings. The molecule has 0 unspecified atom stereocenters. The van der Waals surface area contributed by atoms with Crippen LogP contribution in [0.3, 0.4) is 0 Å². The number of rotatable bonds is 4. The highest BCUT2D eigenvalue weighted by Gasteiger charge is 2.32. The molecular weight excluding hydrogens is 245 g/mol. The van der Waals surface area contributed by atoms with Crippen LogP contribution in [0.1, 0.15) is 18.6 Å². The molecule has 0 aliphatic carbocycles. The lowest BCUT2D eigenvalue weighted by molar-refractivity contribution is -0.148. The minimum Gasteiger partial charge on any atom is -0.468 e. The molecule has 2 rings (SSSR count). The van der Waals surface area contributed by atoms with Gasteiger partial charge in [-0.05, 0) is 38.1 Å². The summed E-state index contributed by atoms with van der Waals surface area (Å²) < 4.78 is 41.8. The monoisotopic (exact) mass is 262 g/mol. The zero-order valence-corrected chi connectivity index (χ0v) is 10.0. The van der Waals surface area contributed by atoms with Crippen LogP contribution in [-0.2, 0) is 6.54 Å². The molecule has 0 spiro atoms. The van der Waals surface area contributed by atoms with Crippen molar-refractivity contribution in [2.24, 2.45) is 0 Å². The topological polar surface area (TPSA) is 28.4 Å². The maximum Gasteiger partial charge on any atom is 0.401 e. The molecule has 6 heteroatoms. The number of piperidine rings is 1. The Morgan fingerprint density at radius 3 is 2.61 bits per heavy atom. The molecule has 0 saturated carbocycles. The molecule has 1 N–H and O–H groups in total. The maximum absolute atomic E-state index is 12.2. The molecule has 1 aromatic rings. The predicted octanol–water partition coefficient (Wildman–Crippen LogP) is 2.40. The standard InChI is InChI=1S/C12H17F3N2O/c13-12(14,15)9-17-5-3-10(4-6-17)16-8-11-2-1-7-18-11/h1-2,7,10,16H,3-6,8-9H2. The second kappa shape index (κ2) is 5.75. The Balaban J connectivity index is 1.67. The number of hydrogen-bond acceptors (Lipinski definition) is 3. The second-order valence-corrected chi connectivity index (χ2v) is 4.63. The first kappa shape index (κ1) is 13.4. The summed E-state index contributed by atoms with van der Waals surface area (Å²) in [6.45, 7) is 0.833. The number of nitrogens with one attached hydrogen (secondary N) is 1. The number of hydrogen-bond donors (Lipinski definition) is 1. The van der Waals surface area contributed by atoms with E-state index in [2.05, 4.69) is 5.32 Å². The molecule has 2 heterocycles. The third-order valence-electron chi connectivity index (χ3n) is 3.14. The third kappa shape index (κ3) is 4.34. The number of furan rings is 1. The van der Waals surface area contributed by atoms with E-state index in [1.165, 1.54) is 4.90 Å². The predicted molar refractivity (Wildman–Crippen MR) is 61.1 cm³/mol. The Morgan fingerprint density at radius 2 is 2.06 bits per heavy atom. The molecule has 1 fully saturated rings. The fraction of sp³-hybridized carbons (Fsp3) is 0.667. The van der Waals surface area contributed by atoms with Gasteiger partial charge in [-0.15, -0.1) is 0 Å². The molecule has 0 aromatic carbocycles. The van der Waals surface area contributed by atoms with Gasteiger partial charge in [0.15, 0.2) is 0 Å². The first-order chi connectivity index (χ1) is 8.53. The summed E-state index contributed by atoms with van der Waals surface area (Å²) in [6, 6.07) is 3.98. The highest BCUT2D eigenvalue weighted by Crippen LogP contribution is 2.19. The average Bonchev–Trinajstić information content (AvgIpc) is 2.79. The number of alkyl halides is 3. The first-order valence-corrected chi connectivity index (χ1v) is 6.08. The highest BCUT2D eigenvalue weighted by atomic mass is 19.4. The lowest BCUT2D eigenvalue weighted by atomic mass is 10.1. The molecule has 1 aliphatic heterocycles. The van der Waals surface area contributed by atoms with Gasteiger partial charge in [0.25, 0.3) is 0 Å². The summed E-state index contributed by atoms with van der Waals surface area (Å²) in [5, 5.41) is 3.31. The van der Waals surface area contributed by atoms with Gasteiger partial charge in [0.2, 0.25) is 0 Å². The Bertz CT molecular complexity index is 343. The number of likely N-dealkylation sites (tertiary alicyclic amines) is 1. The molecule has 102 valence electrons. The Kier molecular flexibility index (Phi) is 4.29. The van der Waals surface area contributed by atoms with E-state index in [0.717, 1.165) is 18.6 Å². The van der Waals surface area contributed by atoms with E-state index in [0.29, 0.717) is 19.6 Å². The quantitative estimate of drug-likeness (QED) is 0.903. The van der Waals surface area contributed by atoms with Crippen molar-refractivity contribution in [2.75, 3.05) is 19.6 Å². The summed E-state index contributed by atoms with van der Waals surface area (Å²) in [4.78, 5) is 1.46. The van der Waals surface area contributed by atoms with Crippen LogP contribution in [0.25, 0.3) is 0 Å². The SMILES string of the molecule is FC(F)(F)CN1CCC(NCc2ccco2)CC1. The Labute approximate surface area is 104 Å². The van der Waals surface area contributed by atoms with Crippen molar-refractivity contribution in [3.8, 4) is 0 Å². The van der Waals surface area contributed by atoms with E-state index in [9.17, 15) is 13.2 Å². The van der Waals surface area contributed by atoms with Crippen molar-refractivity contribution < 1.29 is 17.6 Å². The molecule has 0 atom stereocenters. The van der Waals surface area contributed by atoms with E-state index in [-0.39, 0.29) is 6.04 Å². The van der Waals surface area contributed by atoms with Gasteiger partial charge in [-0.25, -0.2) is 0 Å². The number of halogens is 3. The Morgan fingerprint density at radius 1 is 1.33 bits per heavy atom. The van der Waals surface area contributed by atoms with Crippen molar-refractivity contribution in [1.29, 1.82) is 0 Å². The fourth-order valence-corrected chi connectivity index (χ4v) is 2.21. The van der Waals surface area contributed by atoms with Crippen LogP contribution in [-0.4, -0.2) is 36.8 Å². The van der Waals surface area contributed by atoms with Crippen LogP contribution < -0.4 is 5.32 Å². The molecule has 1 aromatic heterocycles. The molecule has 0 bridgehead atoms. The van der Waals surface area contributed by atoms with Gasteiger partial charge in [0, 0.05) is 6.04 Å². The average molecular weight is 262 g/mol. The van der Waals surface area contributed by atoms with Crippen molar-refractivity contribution >= 4 is 0 Å². The molecule has 18 heavy (non-hydrogen) atoms. The summed E-state index contributed by atoms with van der Waals surface area (Å²) in [6.07, 6.45) is -0.981. The van der Waals surface area contributed by atoms with Crippen LogP contribution in [0, 0.1) is 0 Å². The van der Waals surface area contributed by atoms with Gasteiger partial charge in [0.1, 0.15) is 5.76 Å². The molecule has 3 nitrogen and oxygen atoms in total. The van der Waals surface area contributed by atoms with Crippen molar-refractivity contribution in [2.45, 2.75) is 31.6 Å². The van der Waals surface area contributed by atoms with Crippen LogP contribution in [0.15, 0.2) is 22.8 Å². The zero-order chi connectivity index (χ0) is 13.0. The van der Waals surface area contributed by atoms with E-state index >= 15 is 0 Å². The van der Waals surface area contributed by atoms with Crippen LogP contribution >= 0.6 is 0 Å². The third-order valence-corrected chi connectivity index (χ3v) is 3.14. The first-order valence-electron chi connectivity index (χ1n) is 6.08. The Hall–Kier alpha value is -1.01. The zero-order valence-electron chi connectivity index (χ0n) is 10.0. The lowest BCUT2D eigenvalue weighted by Gasteiger charge is -2.32. The summed E-state index contributed by atoms with van der Waals surface area (Å²) in [5.41, 5.74) is 0. The number of nitrogens with zero attached hydrogens (tertiary/aromatic N) is 1. The van der Waals surface area contributed by atoms with E-state index in [4.69, 9.17) is 4.42 Å².